The standard InChI is InChI=1S/C18H14FN3O4S/c1-25-13-4-2-3-5-14(13)26-15-10-11(19)6-7-12(15)21-16(23)17(24)22-18-20-8-9-27-18/h2-10H,1H3,(H,21,23)(H,20,22,24). The Morgan fingerprint density at radius 3 is 2.48 bits per heavy atom. The van der Waals surface area contributed by atoms with Crippen molar-refractivity contribution < 1.29 is 23.5 Å². The number of ether oxygens (including phenoxy) is 2. The van der Waals surface area contributed by atoms with Gasteiger partial charge in [-0.15, -0.1) is 11.3 Å². The fourth-order valence-corrected chi connectivity index (χ4v) is 2.65. The summed E-state index contributed by atoms with van der Waals surface area (Å²) in [7, 11) is 1.47. The van der Waals surface area contributed by atoms with Crippen molar-refractivity contribution in [1.29, 1.82) is 0 Å². The molecule has 0 spiro atoms. The molecule has 1 aromatic heterocycles. The molecular weight excluding hydrogens is 373 g/mol. The molecule has 3 aromatic rings. The number of anilines is 2. The van der Waals surface area contributed by atoms with Crippen LogP contribution in [0.4, 0.5) is 15.2 Å². The predicted octanol–water partition coefficient (Wildman–Crippen LogP) is 3.66. The lowest BCUT2D eigenvalue weighted by atomic mass is 10.2. The van der Waals surface area contributed by atoms with E-state index in [1.807, 2.05) is 0 Å². The van der Waals surface area contributed by atoms with E-state index in [2.05, 4.69) is 15.6 Å². The van der Waals surface area contributed by atoms with Gasteiger partial charge in [-0.2, -0.15) is 0 Å². The van der Waals surface area contributed by atoms with Crippen molar-refractivity contribution in [2.24, 2.45) is 0 Å². The van der Waals surface area contributed by atoms with Gasteiger partial charge < -0.3 is 14.8 Å². The summed E-state index contributed by atoms with van der Waals surface area (Å²) in [6.45, 7) is 0. The number of nitrogens with zero attached hydrogens (tertiary/aromatic N) is 1. The van der Waals surface area contributed by atoms with Crippen LogP contribution in [0.25, 0.3) is 0 Å². The second-order valence-electron chi connectivity index (χ2n) is 5.14. The molecule has 9 heteroatoms. The van der Waals surface area contributed by atoms with Crippen LogP contribution >= 0.6 is 11.3 Å². The number of carbonyl (C=O) groups is 2. The number of nitrogens with one attached hydrogen (secondary N) is 2. The zero-order chi connectivity index (χ0) is 19.2. The summed E-state index contributed by atoms with van der Waals surface area (Å²) >= 11 is 1.17. The second kappa shape index (κ2) is 8.28. The van der Waals surface area contributed by atoms with E-state index in [9.17, 15) is 14.0 Å². The Hall–Kier alpha value is -3.46. The van der Waals surface area contributed by atoms with E-state index in [4.69, 9.17) is 9.47 Å². The third kappa shape index (κ3) is 4.59. The van der Waals surface area contributed by atoms with Crippen LogP contribution < -0.4 is 20.1 Å². The Bertz CT molecular complexity index is 963. The number of carbonyl (C=O) groups excluding carboxylic acids is 2. The maximum absolute atomic E-state index is 13.7. The van der Waals surface area contributed by atoms with Crippen LogP contribution in [-0.4, -0.2) is 23.9 Å². The number of methoxy groups -OCH3 is 1. The molecule has 0 aliphatic carbocycles. The summed E-state index contributed by atoms with van der Waals surface area (Å²) in [6.07, 6.45) is 1.50. The highest BCUT2D eigenvalue weighted by Gasteiger charge is 2.18. The molecule has 0 unspecified atom stereocenters. The molecule has 0 saturated heterocycles. The summed E-state index contributed by atoms with van der Waals surface area (Å²) in [4.78, 5) is 28.0. The van der Waals surface area contributed by atoms with Crippen molar-refractivity contribution in [2.75, 3.05) is 17.7 Å². The normalized spacial score (nSPS) is 10.1. The third-order valence-electron chi connectivity index (χ3n) is 3.34. The van der Waals surface area contributed by atoms with Gasteiger partial charge in [-0.1, -0.05) is 12.1 Å². The summed E-state index contributed by atoms with van der Waals surface area (Å²) in [5.74, 6) is -1.63. The minimum atomic E-state index is -0.943. The van der Waals surface area contributed by atoms with Crippen molar-refractivity contribution >= 4 is 34.0 Å². The van der Waals surface area contributed by atoms with E-state index in [0.717, 1.165) is 12.1 Å². The molecule has 27 heavy (non-hydrogen) atoms. The zero-order valence-corrected chi connectivity index (χ0v) is 14.9. The molecule has 138 valence electrons. The van der Waals surface area contributed by atoms with Crippen molar-refractivity contribution in [3.8, 4) is 17.2 Å². The highest BCUT2D eigenvalue weighted by Crippen LogP contribution is 2.35. The van der Waals surface area contributed by atoms with Gasteiger partial charge in [-0.25, -0.2) is 9.37 Å². The van der Waals surface area contributed by atoms with Gasteiger partial charge in [-0.05, 0) is 24.3 Å². The first kappa shape index (κ1) is 18.3. The Balaban J connectivity index is 1.79. The Morgan fingerprint density at radius 1 is 1.04 bits per heavy atom. The summed E-state index contributed by atoms with van der Waals surface area (Å²) in [5, 5.41) is 6.71. The van der Waals surface area contributed by atoms with Crippen LogP contribution in [-0.2, 0) is 9.59 Å². The molecule has 0 radical (unpaired) electrons. The number of para-hydroxylation sites is 2. The van der Waals surface area contributed by atoms with Crippen molar-refractivity contribution in [1.82, 2.24) is 4.98 Å². The van der Waals surface area contributed by atoms with Crippen LogP contribution in [0.15, 0.2) is 54.0 Å². The average molecular weight is 387 g/mol. The molecule has 0 bridgehead atoms. The number of aromatic nitrogens is 1. The number of thiazole rings is 1. The predicted molar refractivity (Wildman–Crippen MR) is 98.8 cm³/mol. The number of hydrogen-bond donors (Lipinski definition) is 2. The first-order valence-corrected chi connectivity index (χ1v) is 8.57. The maximum Gasteiger partial charge on any atom is 0.315 e. The fourth-order valence-electron chi connectivity index (χ4n) is 2.12. The van der Waals surface area contributed by atoms with Crippen molar-refractivity contribution in [2.45, 2.75) is 0 Å². The molecule has 0 atom stereocenters. The minimum Gasteiger partial charge on any atom is -0.493 e. The van der Waals surface area contributed by atoms with Crippen LogP contribution in [0, 0.1) is 5.82 Å². The van der Waals surface area contributed by atoms with Gasteiger partial charge in [-0.3, -0.25) is 14.9 Å². The molecule has 3 rings (SSSR count). The number of benzene rings is 2. The summed E-state index contributed by atoms with van der Waals surface area (Å²) in [5.41, 5.74) is 0.126. The highest BCUT2D eigenvalue weighted by molar-refractivity contribution is 7.13. The zero-order valence-electron chi connectivity index (χ0n) is 14.1. The Labute approximate surface area is 157 Å². The van der Waals surface area contributed by atoms with E-state index in [-0.39, 0.29) is 11.4 Å². The average Bonchev–Trinajstić information content (AvgIpc) is 3.17. The topological polar surface area (TPSA) is 89.5 Å². The van der Waals surface area contributed by atoms with Gasteiger partial charge in [0.25, 0.3) is 0 Å². The van der Waals surface area contributed by atoms with Gasteiger partial charge in [0, 0.05) is 17.6 Å². The minimum absolute atomic E-state index is 0.0231. The maximum atomic E-state index is 13.7. The first-order chi connectivity index (χ1) is 13.1. The van der Waals surface area contributed by atoms with Crippen molar-refractivity contribution in [3.63, 3.8) is 0 Å². The second-order valence-corrected chi connectivity index (χ2v) is 6.03. The summed E-state index contributed by atoms with van der Waals surface area (Å²) < 4.78 is 24.5. The SMILES string of the molecule is COc1ccccc1Oc1cc(F)ccc1NC(=O)C(=O)Nc1nccs1. The lowest BCUT2D eigenvalue weighted by Gasteiger charge is -2.14. The Kier molecular flexibility index (Phi) is 5.62. The lowest BCUT2D eigenvalue weighted by molar-refractivity contribution is -0.133. The molecule has 0 fully saturated rings. The molecule has 0 aliphatic rings. The third-order valence-corrected chi connectivity index (χ3v) is 4.03. The van der Waals surface area contributed by atoms with E-state index < -0.39 is 17.6 Å². The molecule has 0 saturated carbocycles. The molecule has 7 nitrogen and oxygen atoms in total. The lowest BCUT2D eigenvalue weighted by Crippen LogP contribution is -2.29. The van der Waals surface area contributed by atoms with Crippen molar-refractivity contribution in [3.05, 3.63) is 59.9 Å². The molecular formula is C18H14FN3O4S. The Morgan fingerprint density at radius 2 is 1.78 bits per heavy atom. The monoisotopic (exact) mass is 387 g/mol. The molecule has 2 amide bonds. The van der Waals surface area contributed by atoms with E-state index in [1.54, 1.807) is 29.6 Å². The molecule has 2 N–H and O–H groups in total. The van der Waals surface area contributed by atoms with Crippen LogP contribution in [0.3, 0.4) is 0 Å². The molecule has 1 heterocycles. The number of halogens is 1. The van der Waals surface area contributed by atoms with E-state index in [1.165, 1.54) is 30.7 Å². The van der Waals surface area contributed by atoms with Crippen LogP contribution in [0.5, 0.6) is 17.2 Å². The van der Waals surface area contributed by atoms with Gasteiger partial charge in [0.15, 0.2) is 22.4 Å². The highest BCUT2D eigenvalue weighted by atomic mass is 32.1. The van der Waals surface area contributed by atoms with Crippen LogP contribution in [0.1, 0.15) is 0 Å². The summed E-state index contributed by atoms with van der Waals surface area (Å²) in [6, 6.07) is 10.3. The van der Waals surface area contributed by atoms with Crippen LogP contribution in [0.2, 0.25) is 0 Å². The smallest absolute Gasteiger partial charge is 0.315 e. The number of hydrogen-bond acceptors (Lipinski definition) is 6. The fraction of sp³-hybridized carbons (Fsp3) is 0.0556. The van der Waals surface area contributed by atoms with E-state index in [0.29, 0.717) is 16.6 Å². The van der Waals surface area contributed by atoms with Gasteiger partial charge >= 0.3 is 11.8 Å². The number of amides is 2. The van der Waals surface area contributed by atoms with Gasteiger partial charge in [0.2, 0.25) is 0 Å². The number of rotatable bonds is 5. The van der Waals surface area contributed by atoms with Gasteiger partial charge in [0.1, 0.15) is 5.82 Å². The van der Waals surface area contributed by atoms with Gasteiger partial charge in [0.05, 0.1) is 12.8 Å². The first-order valence-electron chi connectivity index (χ1n) is 7.69. The molecule has 2 aromatic carbocycles. The molecule has 0 aliphatic heterocycles. The van der Waals surface area contributed by atoms with E-state index >= 15 is 0 Å². The largest absolute Gasteiger partial charge is 0.493 e. The quantitative estimate of drug-likeness (QED) is 0.652.